The molecule has 76 valence electrons. The lowest BCUT2D eigenvalue weighted by atomic mass is 10.2. The van der Waals surface area contributed by atoms with Crippen molar-refractivity contribution < 1.29 is 0 Å². The summed E-state index contributed by atoms with van der Waals surface area (Å²) in [6, 6.07) is 10.0. The molecule has 0 aliphatic carbocycles. The van der Waals surface area contributed by atoms with E-state index in [1.807, 2.05) is 24.3 Å². The summed E-state index contributed by atoms with van der Waals surface area (Å²) in [6.07, 6.45) is 3.57. The van der Waals surface area contributed by atoms with Gasteiger partial charge in [0.25, 0.3) is 0 Å². The Labute approximate surface area is 93.5 Å². The van der Waals surface area contributed by atoms with Gasteiger partial charge in [-0.2, -0.15) is 0 Å². The number of hydrogen-bond acceptors (Lipinski definition) is 3. The molecule has 0 aliphatic heterocycles. The van der Waals surface area contributed by atoms with Gasteiger partial charge in [0.05, 0.1) is 0 Å². The van der Waals surface area contributed by atoms with Gasteiger partial charge in [-0.25, -0.2) is 0 Å². The van der Waals surface area contributed by atoms with Crippen LogP contribution in [0, 0.1) is 6.92 Å². The van der Waals surface area contributed by atoms with Crippen molar-refractivity contribution in [2.45, 2.75) is 16.7 Å². The molecular weight excluding hydrogens is 204 g/mol. The van der Waals surface area contributed by atoms with Crippen LogP contribution in [-0.4, -0.2) is 4.98 Å². The first-order valence-corrected chi connectivity index (χ1v) is 5.51. The van der Waals surface area contributed by atoms with Crippen LogP contribution in [0.25, 0.3) is 0 Å². The van der Waals surface area contributed by atoms with Crippen molar-refractivity contribution in [3.05, 3.63) is 48.3 Å². The Hall–Kier alpha value is -1.48. The molecule has 2 N–H and O–H groups in total. The highest BCUT2D eigenvalue weighted by molar-refractivity contribution is 7.99. The van der Waals surface area contributed by atoms with Crippen LogP contribution in [0.4, 0.5) is 5.69 Å². The Morgan fingerprint density at radius 1 is 1.13 bits per heavy atom. The molecule has 0 aliphatic rings. The van der Waals surface area contributed by atoms with Crippen molar-refractivity contribution in [3.8, 4) is 0 Å². The lowest BCUT2D eigenvalue weighted by Gasteiger charge is -2.05. The number of nitrogen functional groups attached to an aromatic ring is 1. The van der Waals surface area contributed by atoms with E-state index < -0.39 is 0 Å². The fourth-order valence-corrected chi connectivity index (χ4v) is 2.21. The molecule has 0 saturated carbocycles. The standard InChI is InChI=1S/C12H12N2S/c1-9-2-3-11(13)12(8-9)15-10-4-6-14-7-5-10/h2-8H,13H2,1H3. The average molecular weight is 216 g/mol. The summed E-state index contributed by atoms with van der Waals surface area (Å²) in [4.78, 5) is 6.24. The van der Waals surface area contributed by atoms with Gasteiger partial charge < -0.3 is 5.73 Å². The maximum Gasteiger partial charge on any atom is 0.0456 e. The number of hydrogen-bond donors (Lipinski definition) is 1. The van der Waals surface area contributed by atoms with Crippen molar-refractivity contribution >= 4 is 17.4 Å². The predicted octanol–water partition coefficient (Wildman–Crippen LogP) is 3.12. The summed E-state index contributed by atoms with van der Waals surface area (Å²) in [5.41, 5.74) is 7.95. The minimum absolute atomic E-state index is 0.822. The summed E-state index contributed by atoms with van der Waals surface area (Å²) in [6.45, 7) is 2.07. The van der Waals surface area contributed by atoms with Gasteiger partial charge in [-0.3, -0.25) is 4.98 Å². The number of rotatable bonds is 2. The summed E-state index contributed by atoms with van der Waals surface area (Å²) in [7, 11) is 0. The molecule has 0 atom stereocenters. The van der Waals surface area contributed by atoms with E-state index in [1.165, 1.54) is 5.56 Å². The van der Waals surface area contributed by atoms with Crippen LogP contribution in [-0.2, 0) is 0 Å². The molecule has 1 aromatic carbocycles. The van der Waals surface area contributed by atoms with E-state index in [-0.39, 0.29) is 0 Å². The Morgan fingerprint density at radius 3 is 2.60 bits per heavy atom. The Bertz CT molecular complexity index is 454. The van der Waals surface area contributed by atoms with E-state index in [0.717, 1.165) is 15.5 Å². The normalized spacial score (nSPS) is 10.2. The second-order valence-corrected chi connectivity index (χ2v) is 4.44. The van der Waals surface area contributed by atoms with Crippen LogP contribution in [0.15, 0.2) is 52.5 Å². The third-order valence-electron chi connectivity index (χ3n) is 2.05. The molecule has 15 heavy (non-hydrogen) atoms. The third-order valence-corrected chi connectivity index (χ3v) is 3.13. The first kappa shape index (κ1) is 10.1. The van der Waals surface area contributed by atoms with Gasteiger partial charge >= 0.3 is 0 Å². The van der Waals surface area contributed by atoms with Crippen LogP contribution in [0.2, 0.25) is 0 Å². The zero-order valence-corrected chi connectivity index (χ0v) is 9.29. The largest absolute Gasteiger partial charge is 0.398 e. The minimum Gasteiger partial charge on any atom is -0.398 e. The number of aryl methyl sites for hydroxylation is 1. The maximum atomic E-state index is 5.90. The van der Waals surface area contributed by atoms with Gasteiger partial charge in [0.15, 0.2) is 0 Å². The smallest absolute Gasteiger partial charge is 0.0456 e. The van der Waals surface area contributed by atoms with Crippen molar-refractivity contribution in [2.75, 3.05) is 5.73 Å². The van der Waals surface area contributed by atoms with Crippen molar-refractivity contribution in [1.82, 2.24) is 4.98 Å². The summed E-state index contributed by atoms with van der Waals surface area (Å²) in [5.74, 6) is 0. The molecule has 0 fully saturated rings. The second-order valence-electron chi connectivity index (χ2n) is 3.33. The number of anilines is 1. The van der Waals surface area contributed by atoms with E-state index in [0.29, 0.717) is 0 Å². The molecule has 1 aromatic heterocycles. The van der Waals surface area contributed by atoms with Crippen LogP contribution < -0.4 is 5.73 Å². The summed E-state index contributed by atoms with van der Waals surface area (Å²) in [5, 5.41) is 0. The molecular formula is C12H12N2S. The van der Waals surface area contributed by atoms with Crippen molar-refractivity contribution in [1.29, 1.82) is 0 Å². The molecule has 0 radical (unpaired) electrons. The van der Waals surface area contributed by atoms with Crippen LogP contribution in [0.1, 0.15) is 5.56 Å². The van der Waals surface area contributed by atoms with Crippen LogP contribution >= 0.6 is 11.8 Å². The molecule has 0 amide bonds. The molecule has 0 unspecified atom stereocenters. The van der Waals surface area contributed by atoms with E-state index >= 15 is 0 Å². The SMILES string of the molecule is Cc1ccc(N)c(Sc2ccncc2)c1. The molecule has 2 rings (SSSR count). The van der Waals surface area contributed by atoms with Gasteiger partial charge in [0, 0.05) is 27.9 Å². The molecule has 0 bridgehead atoms. The minimum atomic E-state index is 0.822. The highest BCUT2D eigenvalue weighted by Gasteiger charge is 2.01. The Kier molecular flexibility index (Phi) is 2.92. The predicted molar refractivity (Wildman–Crippen MR) is 64.0 cm³/mol. The average Bonchev–Trinajstić information content (AvgIpc) is 2.25. The quantitative estimate of drug-likeness (QED) is 0.784. The maximum absolute atomic E-state index is 5.90. The lowest BCUT2D eigenvalue weighted by molar-refractivity contribution is 1.26. The topological polar surface area (TPSA) is 38.9 Å². The van der Waals surface area contributed by atoms with Crippen LogP contribution in [0.3, 0.4) is 0 Å². The van der Waals surface area contributed by atoms with Crippen molar-refractivity contribution in [2.24, 2.45) is 0 Å². The van der Waals surface area contributed by atoms with E-state index in [1.54, 1.807) is 24.2 Å². The summed E-state index contributed by atoms with van der Waals surface area (Å²) >= 11 is 1.66. The Morgan fingerprint density at radius 2 is 1.87 bits per heavy atom. The molecule has 1 heterocycles. The number of aromatic nitrogens is 1. The Balaban J connectivity index is 2.28. The highest BCUT2D eigenvalue weighted by Crippen LogP contribution is 2.32. The van der Waals surface area contributed by atoms with E-state index in [2.05, 4.69) is 18.0 Å². The van der Waals surface area contributed by atoms with Gasteiger partial charge in [0.2, 0.25) is 0 Å². The first-order chi connectivity index (χ1) is 7.25. The number of pyridine rings is 1. The zero-order chi connectivity index (χ0) is 10.7. The monoisotopic (exact) mass is 216 g/mol. The molecule has 2 nitrogen and oxygen atoms in total. The van der Waals surface area contributed by atoms with Crippen molar-refractivity contribution in [3.63, 3.8) is 0 Å². The van der Waals surface area contributed by atoms with E-state index in [9.17, 15) is 0 Å². The van der Waals surface area contributed by atoms with Gasteiger partial charge in [-0.05, 0) is 36.8 Å². The number of nitrogens with two attached hydrogens (primary N) is 1. The molecule has 0 spiro atoms. The van der Waals surface area contributed by atoms with E-state index in [4.69, 9.17) is 5.73 Å². The van der Waals surface area contributed by atoms with Gasteiger partial charge in [-0.15, -0.1) is 0 Å². The zero-order valence-electron chi connectivity index (χ0n) is 8.47. The second kappa shape index (κ2) is 4.36. The van der Waals surface area contributed by atoms with Gasteiger partial charge in [0.1, 0.15) is 0 Å². The summed E-state index contributed by atoms with van der Waals surface area (Å²) < 4.78 is 0. The fourth-order valence-electron chi connectivity index (χ4n) is 1.26. The fraction of sp³-hybridized carbons (Fsp3) is 0.0833. The molecule has 2 aromatic rings. The first-order valence-electron chi connectivity index (χ1n) is 4.70. The molecule has 3 heteroatoms. The van der Waals surface area contributed by atoms with Gasteiger partial charge in [-0.1, -0.05) is 17.8 Å². The third kappa shape index (κ3) is 2.50. The number of nitrogens with zero attached hydrogens (tertiary/aromatic N) is 1. The number of benzene rings is 1. The highest BCUT2D eigenvalue weighted by atomic mass is 32.2. The molecule has 0 saturated heterocycles. The lowest BCUT2D eigenvalue weighted by Crippen LogP contribution is -1.88. The van der Waals surface area contributed by atoms with Crippen LogP contribution in [0.5, 0.6) is 0 Å².